The highest BCUT2D eigenvalue weighted by Crippen LogP contribution is 2.33. The van der Waals surface area contributed by atoms with Crippen molar-refractivity contribution < 1.29 is 22.4 Å². The second-order valence-corrected chi connectivity index (χ2v) is 10.8. The first-order valence-electron chi connectivity index (χ1n) is 10.2. The molecule has 3 aromatic rings. The minimum atomic E-state index is -3.38. The van der Waals surface area contributed by atoms with Crippen molar-refractivity contribution in [1.82, 2.24) is 15.0 Å². The monoisotopic (exact) mass is 504 g/mol. The van der Waals surface area contributed by atoms with Crippen molar-refractivity contribution in [3.05, 3.63) is 59.2 Å². The Labute approximate surface area is 199 Å². The molecule has 2 heterocycles. The van der Waals surface area contributed by atoms with E-state index < -0.39 is 20.9 Å². The maximum Gasteiger partial charge on any atom is 0.280 e. The van der Waals surface area contributed by atoms with Crippen molar-refractivity contribution >= 4 is 43.7 Å². The van der Waals surface area contributed by atoms with E-state index in [-0.39, 0.29) is 27.6 Å². The topological polar surface area (TPSA) is 127 Å². The van der Waals surface area contributed by atoms with Gasteiger partial charge in [-0.25, -0.2) is 23.4 Å². The summed E-state index contributed by atoms with van der Waals surface area (Å²) in [5.74, 6) is 0.325. The van der Waals surface area contributed by atoms with Crippen LogP contribution < -0.4 is 10.2 Å². The molecule has 34 heavy (non-hydrogen) atoms. The molecule has 0 atom stereocenters. The minimum absolute atomic E-state index is 0.0464. The zero-order valence-corrected chi connectivity index (χ0v) is 19.9. The number of nitrogens with one attached hydrogen (secondary N) is 1. The molecule has 1 saturated carbocycles. The fourth-order valence-corrected chi connectivity index (χ4v) is 5.12. The van der Waals surface area contributed by atoms with Gasteiger partial charge in [-0.2, -0.15) is 4.39 Å². The maximum absolute atomic E-state index is 13.3. The smallest absolute Gasteiger partial charge is 0.280 e. The molecule has 13 heteroatoms. The first-order chi connectivity index (χ1) is 16.2. The van der Waals surface area contributed by atoms with Crippen LogP contribution in [0.25, 0.3) is 0 Å². The lowest BCUT2D eigenvalue weighted by Crippen LogP contribution is -2.24. The molecule has 2 aromatic heterocycles. The first-order valence-corrected chi connectivity index (χ1v) is 12.6. The summed E-state index contributed by atoms with van der Waals surface area (Å²) in [7, 11) is 0.290. The van der Waals surface area contributed by atoms with Crippen LogP contribution in [0.3, 0.4) is 0 Å². The molecule has 1 aliphatic carbocycles. The molecule has 4 rings (SSSR count). The minimum Gasteiger partial charge on any atom is -0.387 e. The Morgan fingerprint density at radius 3 is 2.59 bits per heavy atom. The van der Waals surface area contributed by atoms with E-state index in [0.29, 0.717) is 41.4 Å². The zero-order valence-electron chi connectivity index (χ0n) is 18.3. The third-order valence-corrected chi connectivity index (χ3v) is 7.81. The number of hydrogen-bond donors (Lipinski definition) is 1. The van der Waals surface area contributed by atoms with Crippen LogP contribution >= 0.6 is 11.3 Å². The van der Waals surface area contributed by atoms with E-state index in [1.54, 1.807) is 17.2 Å². The number of rotatable bonds is 9. The number of aromatic nitrogens is 3. The van der Waals surface area contributed by atoms with Crippen LogP contribution in [0.15, 0.2) is 52.8 Å². The second-order valence-electron chi connectivity index (χ2n) is 7.63. The van der Waals surface area contributed by atoms with E-state index in [2.05, 4.69) is 25.4 Å². The summed E-state index contributed by atoms with van der Waals surface area (Å²) in [5, 5.41) is 5.56. The molecular formula is C21H21FN6O4S2. The summed E-state index contributed by atoms with van der Waals surface area (Å²) >= 11 is 0.660. The van der Waals surface area contributed by atoms with Crippen molar-refractivity contribution in [2.45, 2.75) is 29.6 Å². The second kappa shape index (κ2) is 9.81. The van der Waals surface area contributed by atoms with Crippen LogP contribution in [0.1, 0.15) is 24.2 Å². The Morgan fingerprint density at radius 2 is 1.97 bits per heavy atom. The predicted octanol–water partition coefficient (Wildman–Crippen LogP) is 2.63. The molecule has 0 radical (unpaired) electrons. The van der Waals surface area contributed by atoms with Crippen LogP contribution in [-0.2, 0) is 26.1 Å². The van der Waals surface area contributed by atoms with Gasteiger partial charge in [0.05, 0.1) is 16.3 Å². The standard InChI is InChI=1S/C21H21FN6O4S2/c1-28(2)18-9-10-23-17(25-18)12-32-27-19(20(29)26-21-24-11-16(22)33-21)13-3-5-14(6-4-13)34(30,31)15-7-8-15/h3-6,9-11,15H,7-8,12H2,1-2H3,(H,24,26,29)/b27-19+. The Hall–Kier alpha value is -3.45. The van der Waals surface area contributed by atoms with Gasteiger partial charge >= 0.3 is 0 Å². The van der Waals surface area contributed by atoms with Gasteiger partial charge in [0.1, 0.15) is 5.82 Å². The molecule has 1 N–H and O–H groups in total. The predicted molar refractivity (Wildman–Crippen MR) is 125 cm³/mol. The summed E-state index contributed by atoms with van der Waals surface area (Å²) in [4.78, 5) is 32.4. The Kier molecular flexibility index (Phi) is 6.84. The summed E-state index contributed by atoms with van der Waals surface area (Å²) in [6.45, 7) is -0.113. The third kappa shape index (κ3) is 5.54. The molecule has 1 aliphatic rings. The van der Waals surface area contributed by atoms with Crippen LogP contribution in [-0.4, -0.2) is 54.3 Å². The van der Waals surface area contributed by atoms with E-state index in [0.717, 1.165) is 6.20 Å². The maximum atomic E-state index is 13.3. The molecule has 0 unspecified atom stereocenters. The quantitative estimate of drug-likeness (QED) is 0.348. The SMILES string of the molecule is CN(C)c1ccnc(CO/N=C(/C(=O)Nc2ncc(F)s2)c2ccc(S(=O)(=O)C3CC3)cc2)n1. The van der Waals surface area contributed by atoms with Crippen LogP contribution in [0.5, 0.6) is 0 Å². The largest absolute Gasteiger partial charge is 0.387 e. The van der Waals surface area contributed by atoms with Crippen molar-refractivity contribution in [3.8, 4) is 0 Å². The Morgan fingerprint density at radius 1 is 1.24 bits per heavy atom. The molecular weight excluding hydrogens is 483 g/mol. The van der Waals surface area contributed by atoms with Gasteiger partial charge < -0.3 is 9.74 Å². The highest BCUT2D eigenvalue weighted by Gasteiger charge is 2.36. The number of sulfone groups is 1. The number of thiazole rings is 1. The summed E-state index contributed by atoms with van der Waals surface area (Å²) in [5.41, 5.74) is 0.168. The molecule has 1 amide bonds. The van der Waals surface area contributed by atoms with Crippen molar-refractivity contribution in [2.24, 2.45) is 5.16 Å². The third-order valence-electron chi connectivity index (χ3n) is 4.83. The fraction of sp³-hybridized carbons (Fsp3) is 0.286. The van der Waals surface area contributed by atoms with Gasteiger partial charge in [-0.05, 0) is 31.0 Å². The van der Waals surface area contributed by atoms with Crippen molar-refractivity contribution in [1.29, 1.82) is 0 Å². The number of hydrogen-bond acceptors (Lipinski definition) is 10. The molecule has 1 aromatic carbocycles. The van der Waals surface area contributed by atoms with Crippen LogP contribution in [0.2, 0.25) is 0 Å². The average Bonchev–Trinajstić information content (AvgIpc) is 3.60. The van der Waals surface area contributed by atoms with Crippen LogP contribution in [0, 0.1) is 5.13 Å². The summed E-state index contributed by atoms with van der Waals surface area (Å²) in [6, 6.07) is 7.54. The highest BCUT2D eigenvalue weighted by molar-refractivity contribution is 7.92. The highest BCUT2D eigenvalue weighted by atomic mass is 32.2. The molecule has 10 nitrogen and oxygen atoms in total. The summed E-state index contributed by atoms with van der Waals surface area (Å²) < 4.78 is 38.2. The number of anilines is 2. The number of nitrogens with zero attached hydrogens (tertiary/aromatic N) is 5. The van der Waals surface area contributed by atoms with Gasteiger partial charge in [-0.15, -0.1) is 0 Å². The number of oxime groups is 1. The molecule has 0 spiro atoms. The van der Waals surface area contributed by atoms with Gasteiger partial charge in [0.2, 0.25) is 0 Å². The molecule has 0 saturated heterocycles. The molecule has 1 fully saturated rings. The molecule has 178 valence electrons. The lowest BCUT2D eigenvalue weighted by molar-refractivity contribution is -0.110. The first kappa shape index (κ1) is 23.7. The number of halogens is 1. The Balaban J connectivity index is 1.57. The van der Waals surface area contributed by atoms with Gasteiger partial charge in [-0.1, -0.05) is 28.6 Å². The van der Waals surface area contributed by atoms with E-state index in [4.69, 9.17) is 4.84 Å². The summed E-state index contributed by atoms with van der Waals surface area (Å²) in [6.07, 6.45) is 3.86. The van der Waals surface area contributed by atoms with E-state index in [1.165, 1.54) is 24.3 Å². The zero-order chi connectivity index (χ0) is 24.3. The molecule has 0 aliphatic heterocycles. The lowest BCUT2D eigenvalue weighted by atomic mass is 10.1. The van der Waals surface area contributed by atoms with Gasteiger partial charge in [0.15, 0.2) is 38.2 Å². The van der Waals surface area contributed by atoms with E-state index in [1.807, 2.05) is 14.1 Å². The van der Waals surface area contributed by atoms with E-state index >= 15 is 0 Å². The van der Waals surface area contributed by atoms with Crippen LogP contribution in [0.4, 0.5) is 15.3 Å². The average molecular weight is 505 g/mol. The van der Waals surface area contributed by atoms with Gasteiger partial charge in [0, 0.05) is 25.9 Å². The normalized spacial score (nSPS) is 14.0. The lowest BCUT2D eigenvalue weighted by Gasteiger charge is -2.11. The Bertz CT molecular complexity index is 1320. The number of benzene rings is 1. The van der Waals surface area contributed by atoms with Crippen molar-refractivity contribution in [2.75, 3.05) is 24.3 Å². The van der Waals surface area contributed by atoms with Crippen molar-refractivity contribution in [3.63, 3.8) is 0 Å². The number of carbonyl (C=O) groups is 1. The molecule has 0 bridgehead atoms. The van der Waals surface area contributed by atoms with E-state index in [9.17, 15) is 17.6 Å². The van der Waals surface area contributed by atoms with Gasteiger partial charge in [0.25, 0.3) is 5.91 Å². The number of carbonyl (C=O) groups excluding carboxylic acids is 1. The van der Waals surface area contributed by atoms with Gasteiger partial charge in [-0.3, -0.25) is 10.1 Å². The number of amides is 1. The fourth-order valence-electron chi connectivity index (χ4n) is 2.93.